The van der Waals surface area contributed by atoms with Crippen molar-refractivity contribution in [1.82, 2.24) is 10.3 Å². The molecular weight excluding hydrogens is 226 g/mol. The molecule has 0 spiro atoms. The summed E-state index contributed by atoms with van der Waals surface area (Å²) in [6, 6.07) is 3.82. The molecule has 2 rings (SSSR count). The molecule has 6 heteroatoms. The van der Waals surface area contributed by atoms with Gasteiger partial charge >= 0.3 is 0 Å². The third-order valence-electron chi connectivity index (χ3n) is 2.04. The topological polar surface area (TPSA) is 74.6 Å². The highest BCUT2D eigenvalue weighted by Crippen LogP contribution is 2.13. The zero-order valence-corrected chi connectivity index (χ0v) is 9.28. The molecule has 1 amide bonds. The second-order valence-electron chi connectivity index (χ2n) is 3.30. The van der Waals surface area contributed by atoms with Crippen molar-refractivity contribution in [3.63, 3.8) is 0 Å². The maximum absolute atomic E-state index is 11.1. The summed E-state index contributed by atoms with van der Waals surface area (Å²) in [7, 11) is 0. The van der Waals surface area contributed by atoms with E-state index < -0.39 is 6.10 Å². The van der Waals surface area contributed by atoms with Gasteiger partial charge in [0.2, 0.25) is 0 Å². The summed E-state index contributed by atoms with van der Waals surface area (Å²) < 4.78 is 0. The lowest BCUT2D eigenvalue weighted by molar-refractivity contribution is -0.127. The number of carbonyl (C=O) groups excluding carboxylic acids is 1. The Labute approximate surface area is 97.0 Å². The highest BCUT2D eigenvalue weighted by atomic mass is 32.2. The number of nitrogens with one attached hydrogen (secondary N) is 1. The second kappa shape index (κ2) is 5.09. The van der Waals surface area contributed by atoms with E-state index in [-0.39, 0.29) is 12.5 Å². The average molecular weight is 237 g/mol. The Balaban J connectivity index is 1.90. The molecule has 2 N–H and O–H groups in total. The molecule has 1 atom stereocenters. The molecule has 1 aromatic rings. The van der Waals surface area contributed by atoms with E-state index in [1.807, 2.05) is 12.1 Å². The van der Waals surface area contributed by atoms with Crippen LogP contribution in [-0.4, -0.2) is 33.8 Å². The van der Waals surface area contributed by atoms with Gasteiger partial charge in [0.15, 0.2) is 11.3 Å². The maximum atomic E-state index is 11.1. The number of aliphatic imine (C=N–C) groups is 1. The van der Waals surface area contributed by atoms with Crippen molar-refractivity contribution >= 4 is 22.8 Å². The minimum atomic E-state index is -1.01. The summed E-state index contributed by atoms with van der Waals surface area (Å²) in [5.41, 5.74) is 1.07. The molecule has 84 valence electrons. The molecule has 0 radical (unpaired) electrons. The number of aliphatic hydroxyl groups is 1. The van der Waals surface area contributed by atoms with E-state index in [1.165, 1.54) is 11.8 Å². The highest BCUT2D eigenvalue weighted by molar-refractivity contribution is 8.13. The standard InChI is InChI=1S/C10H11N3O2S/c14-8-5-12-10(13-9(8)15)16-6-7-2-1-3-11-4-7/h1-4,8,14H,5-6H2,(H,12,13,15). The van der Waals surface area contributed by atoms with Gasteiger partial charge in [-0.1, -0.05) is 17.8 Å². The molecule has 0 aliphatic carbocycles. The number of pyridine rings is 1. The van der Waals surface area contributed by atoms with Crippen LogP contribution < -0.4 is 5.32 Å². The van der Waals surface area contributed by atoms with Crippen LogP contribution in [0.1, 0.15) is 5.56 Å². The molecule has 0 aromatic carbocycles. The normalized spacial score (nSPS) is 20.2. The molecule has 1 unspecified atom stereocenters. The van der Waals surface area contributed by atoms with Crippen LogP contribution in [0.3, 0.4) is 0 Å². The minimum Gasteiger partial charge on any atom is -0.381 e. The molecule has 0 fully saturated rings. The largest absolute Gasteiger partial charge is 0.381 e. The molecular formula is C10H11N3O2S. The van der Waals surface area contributed by atoms with Crippen molar-refractivity contribution in [3.8, 4) is 0 Å². The first-order valence-electron chi connectivity index (χ1n) is 4.81. The fourth-order valence-corrected chi connectivity index (χ4v) is 2.01. The van der Waals surface area contributed by atoms with Crippen molar-refractivity contribution in [2.75, 3.05) is 6.54 Å². The summed E-state index contributed by atoms with van der Waals surface area (Å²) in [5, 5.41) is 12.2. The summed E-state index contributed by atoms with van der Waals surface area (Å²) in [5.74, 6) is 0.312. The summed E-state index contributed by atoms with van der Waals surface area (Å²) >= 11 is 1.42. The Bertz CT molecular complexity index is 408. The number of carbonyl (C=O) groups is 1. The first kappa shape index (κ1) is 11.1. The molecule has 0 bridgehead atoms. The van der Waals surface area contributed by atoms with E-state index in [0.29, 0.717) is 10.9 Å². The molecule has 2 heterocycles. The van der Waals surface area contributed by atoms with Crippen molar-refractivity contribution < 1.29 is 9.90 Å². The lowest BCUT2D eigenvalue weighted by Crippen LogP contribution is -2.43. The number of aromatic nitrogens is 1. The van der Waals surface area contributed by atoms with Crippen molar-refractivity contribution in [2.45, 2.75) is 11.9 Å². The Hall–Kier alpha value is -1.40. The molecule has 1 aliphatic rings. The fourth-order valence-electron chi connectivity index (χ4n) is 1.20. The van der Waals surface area contributed by atoms with Gasteiger partial charge in [-0.3, -0.25) is 14.8 Å². The summed E-state index contributed by atoms with van der Waals surface area (Å²) in [6.07, 6.45) is 2.47. The third kappa shape index (κ3) is 2.80. The average Bonchev–Trinajstić information content (AvgIpc) is 2.32. The van der Waals surface area contributed by atoms with Crippen LogP contribution in [0, 0.1) is 0 Å². The Morgan fingerprint density at radius 2 is 2.50 bits per heavy atom. The Kier molecular flexibility index (Phi) is 3.53. The van der Waals surface area contributed by atoms with Gasteiger partial charge in [-0.15, -0.1) is 0 Å². The molecule has 1 aromatic heterocycles. The van der Waals surface area contributed by atoms with Gasteiger partial charge in [0.1, 0.15) is 0 Å². The van der Waals surface area contributed by atoms with Crippen molar-refractivity contribution in [3.05, 3.63) is 30.1 Å². The van der Waals surface area contributed by atoms with Crippen LogP contribution in [0.25, 0.3) is 0 Å². The summed E-state index contributed by atoms with van der Waals surface area (Å²) in [4.78, 5) is 19.2. The second-order valence-corrected chi connectivity index (χ2v) is 4.26. The van der Waals surface area contributed by atoms with Gasteiger partial charge in [0.25, 0.3) is 5.91 Å². The van der Waals surface area contributed by atoms with E-state index in [1.54, 1.807) is 12.4 Å². The zero-order chi connectivity index (χ0) is 11.4. The van der Waals surface area contributed by atoms with Crippen LogP contribution in [0.15, 0.2) is 29.5 Å². The molecule has 1 aliphatic heterocycles. The quantitative estimate of drug-likeness (QED) is 0.768. The SMILES string of the molecule is O=C1NC(SCc2cccnc2)=NCC1O. The van der Waals surface area contributed by atoms with Crippen LogP contribution >= 0.6 is 11.8 Å². The van der Waals surface area contributed by atoms with Crippen LogP contribution in [0.4, 0.5) is 0 Å². The summed E-state index contributed by atoms with van der Waals surface area (Å²) in [6.45, 7) is 0.140. The number of hydrogen-bond donors (Lipinski definition) is 2. The maximum Gasteiger partial charge on any atom is 0.256 e. The fraction of sp³-hybridized carbons (Fsp3) is 0.300. The lowest BCUT2D eigenvalue weighted by atomic mass is 10.3. The zero-order valence-electron chi connectivity index (χ0n) is 8.46. The first-order valence-corrected chi connectivity index (χ1v) is 5.79. The highest BCUT2D eigenvalue weighted by Gasteiger charge is 2.21. The van der Waals surface area contributed by atoms with E-state index in [0.717, 1.165) is 5.56 Å². The number of thioether (sulfide) groups is 1. The molecule has 0 saturated carbocycles. The van der Waals surface area contributed by atoms with Crippen LogP contribution in [0.5, 0.6) is 0 Å². The molecule has 0 saturated heterocycles. The third-order valence-corrected chi connectivity index (χ3v) is 3.02. The number of rotatable bonds is 2. The number of hydrogen-bond acceptors (Lipinski definition) is 5. The van der Waals surface area contributed by atoms with E-state index in [4.69, 9.17) is 5.11 Å². The van der Waals surface area contributed by atoms with Gasteiger partial charge in [-0.25, -0.2) is 0 Å². The predicted octanol–water partition coefficient (Wildman–Crippen LogP) is 0.162. The van der Waals surface area contributed by atoms with Crippen molar-refractivity contribution in [1.29, 1.82) is 0 Å². The monoisotopic (exact) mass is 237 g/mol. The molecule has 16 heavy (non-hydrogen) atoms. The van der Waals surface area contributed by atoms with Crippen LogP contribution in [-0.2, 0) is 10.5 Å². The number of aliphatic hydroxyl groups excluding tert-OH is 1. The Morgan fingerprint density at radius 3 is 3.19 bits per heavy atom. The van der Waals surface area contributed by atoms with E-state index in [9.17, 15) is 4.79 Å². The number of amidine groups is 1. The van der Waals surface area contributed by atoms with Gasteiger partial charge < -0.3 is 10.4 Å². The van der Waals surface area contributed by atoms with Gasteiger partial charge in [0.05, 0.1) is 6.54 Å². The van der Waals surface area contributed by atoms with Gasteiger partial charge in [0, 0.05) is 18.1 Å². The first-order chi connectivity index (χ1) is 7.75. The number of nitrogens with zero attached hydrogens (tertiary/aromatic N) is 2. The van der Waals surface area contributed by atoms with Gasteiger partial charge in [-0.05, 0) is 11.6 Å². The minimum absolute atomic E-state index is 0.140. The van der Waals surface area contributed by atoms with E-state index >= 15 is 0 Å². The smallest absolute Gasteiger partial charge is 0.256 e. The van der Waals surface area contributed by atoms with E-state index in [2.05, 4.69) is 15.3 Å². The number of amides is 1. The Morgan fingerprint density at radius 1 is 1.62 bits per heavy atom. The molecule has 5 nitrogen and oxygen atoms in total. The predicted molar refractivity (Wildman–Crippen MR) is 62.0 cm³/mol. The van der Waals surface area contributed by atoms with Gasteiger partial charge in [-0.2, -0.15) is 0 Å². The van der Waals surface area contributed by atoms with Crippen LogP contribution in [0.2, 0.25) is 0 Å². The van der Waals surface area contributed by atoms with Crippen molar-refractivity contribution in [2.24, 2.45) is 4.99 Å². The lowest BCUT2D eigenvalue weighted by Gasteiger charge is -2.16.